The van der Waals surface area contributed by atoms with Crippen molar-refractivity contribution in [2.24, 2.45) is 0 Å². The van der Waals surface area contributed by atoms with Gasteiger partial charge in [-0.05, 0) is 30.2 Å². The molecule has 2 aromatic rings. The predicted molar refractivity (Wildman–Crippen MR) is 112 cm³/mol. The van der Waals surface area contributed by atoms with Crippen LogP contribution in [0.15, 0.2) is 42.5 Å². The maximum absolute atomic E-state index is 13.3. The first-order valence-corrected chi connectivity index (χ1v) is 10.1. The number of nitro groups is 1. The highest BCUT2D eigenvalue weighted by molar-refractivity contribution is 6.33. The smallest absolute Gasteiger partial charge is 0.303 e. The molecule has 1 saturated heterocycles. The lowest BCUT2D eigenvalue weighted by Gasteiger charge is -2.39. The number of carbonyl (C=O) groups is 2. The van der Waals surface area contributed by atoms with Crippen molar-refractivity contribution in [3.05, 3.63) is 74.5 Å². The van der Waals surface area contributed by atoms with Gasteiger partial charge in [0, 0.05) is 50.8 Å². The Morgan fingerprint density at radius 1 is 1.13 bits per heavy atom. The topological polar surface area (TPSA) is 104 Å². The molecule has 1 aliphatic rings. The van der Waals surface area contributed by atoms with E-state index in [4.69, 9.17) is 16.7 Å². The molecule has 3 rings (SSSR count). The molecule has 0 unspecified atom stereocenters. The summed E-state index contributed by atoms with van der Waals surface area (Å²) < 4.78 is 13.3. The standard InChI is InChI=1S/C21H21ClFN3O5/c22-18-6-5-16(26(30)31)13-17(18)21(29)25-11-9-24(10-12-25)19(7-8-20(27)28)14-1-3-15(23)4-2-14/h1-6,13,19H,7-12H2,(H,27,28)/t19-/m1/s1. The minimum absolute atomic E-state index is 0.0372. The first-order valence-electron chi connectivity index (χ1n) is 9.71. The number of nitro benzene ring substituents is 1. The van der Waals surface area contributed by atoms with Crippen LogP contribution in [0.3, 0.4) is 0 Å². The van der Waals surface area contributed by atoms with Crippen LogP contribution in [0.2, 0.25) is 5.02 Å². The number of rotatable bonds is 7. The van der Waals surface area contributed by atoms with E-state index < -0.39 is 16.8 Å². The van der Waals surface area contributed by atoms with Gasteiger partial charge in [0.15, 0.2) is 0 Å². The summed E-state index contributed by atoms with van der Waals surface area (Å²) in [5.74, 6) is -1.68. The Balaban J connectivity index is 1.72. The van der Waals surface area contributed by atoms with E-state index >= 15 is 0 Å². The zero-order valence-corrected chi connectivity index (χ0v) is 17.3. The van der Waals surface area contributed by atoms with Crippen LogP contribution in [-0.2, 0) is 4.79 Å². The lowest BCUT2D eigenvalue weighted by Crippen LogP contribution is -2.49. The normalized spacial score (nSPS) is 15.5. The molecule has 0 aromatic heterocycles. The number of aliphatic carboxylic acids is 1. The van der Waals surface area contributed by atoms with Gasteiger partial charge < -0.3 is 10.0 Å². The van der Waals surface area contributed by atoms with Crippen LogP contribution in [-0.4, -0.2) is 57.9 Å². The zero-order valence-electron chi connectivity index (χ0n) is 16.5. The second kappa shape index (κ2) is 9.84. The monoisotopic (exact) mass is 449 g/mol. The predicted octanol–water partition coefficient (Wildman–Crippen LogP) is 3.75. The molecule has 0 spiro atoms. The van der Waals surface area contributed by atoms with Crippen molar-refractivity contribution in [2.45, 2.75) is 18.9 Å². The third-order valence-electron chi connectivity index (χ3n) is 5.32. The van der Waals surface area contributed by atoms with Crippen LogP contribution in [0.1, 0.15) is 34.8 Å². The first-order chi connectivity index (χ1) is 14.8. The number of carbonyl (C=O) groups excluding carboxylic acids is 1. The maximum atomic E-state index is 13.3. The molecule has 1 aliphatic heterocycles. The number of amides is 1. The Hall–Kier alpha value is -3.04. The fourth-order valence-electron chi connectivity index (χ4n) is 3.70. The number of piperazine rings is 1. The minimum atomic E-state index is -0.916. The van der Waals surface area contributed by atoms with E-state index in [-0.39, 0.29) is 34.6 Å². The summed E-state index contributed by atoms with van der Waals surface area (Å²) in [7, 11) is 0. The Kier molecular flexibility index (Phi) is 7.19. The van der Waals surface area contributed by atoms with E-state index in [0.717, 1.165) is 5.56 Å². The van der Waals surface area contributed by atoms with E-state index in [1.807, 2.05) is 0 Å². The first kappa shape index (κ1) is 22.6. The summed E-state index contributed by atoms with van der Waals surface area (Å²) in [5, 5.41) is 20.2. The van der Waals surface area contributed by atoms with Crippen molar-refractivity contribution < 1.29 is 24.0 Å². The Morgan fingerprint density at radius 2 is 1.77 bits per heavy atom. The summed E-state index contributed by atoms with van der Waals surface area (Å²) in [6.07, 6.45) is 0.316. The van der Waals surface area contributed by atoms with Gasteiger partial charge in [0.05, 0.1) is 15.5 Å². The molecule has 0 radical (unpaired) electrons. The maximum Gasteiger partial charge on any atom is 0.303 e. The number of benzene rings is 2. The molecule has 0 saturated carbocycles. The van der Waals surface area contributed by atoms with Gasteiger partial charge in [0.25, 0.3) is 11.6 Å². The molecule has 1 heterocycles. The number of hydrogen-bond acceptors (Lipinski definition) is 5. The highest BCUT2D eigenvalue weighted by atomic mass is 35.5. The molecule has 31 heavy (non-hydrogen) atoms. The Bertz CT molecular complexity index is 977. The minimum Gasteiger partial charge on any atom is -0.481 e. The molecule has 164 valence electrons. The molecule has 0 aliphatic carbocycles. The second-order valence-electron chi connectivity index (χ2n) is 7.25. The van der Waals surface area contributed by atoms with Gasteiger partial charge in [0.2, 0.25) is 0 Å². The average molecular weight is 450 g/mol. The number of carboxylic acid groups (broad SMARTS) is 1. The van der Waals surface area contributed by atoms with Gasteiger partial charge in [-0.3, -0.25) is 24.6 Å². The lowest BCUT2D eigenvalue weighted by atomic mass is 9.99. The van der Waals surface area contributed by atoms with E-state index in [1.165, 1.54) is 30.3 Å². The summed E-state index contributed by atoms with van der Waals surface area (Å²) >= 11 is 6.09. The number of halogens is 2. The Labute approximate surface area is 183 Å². The summed E-state index contributed by atoms with van der Waals surface area (Å²) in [5.41, 5.74) is 0.672. The number of carboxylic acids is 1. The Morgan fingerprint density at radius 3 is 2.35 bits per heavy atom. The lowest BCUT2D eigenvalue weighted by molar-refractivity contribution is -0.384. The SMILES string of the molecule is O=C(O)CC[C@H](c1ccc(F)cc1)N1CCN(C(=O)c2cc([N+](=O)[O-])ccc2Cl)CC1. The van der Waals surface area contributed by atoms with Gasteiger partial charge in [-0.2, -0.15) is 0 Å². The van der Waals surface area contributed by atoms with Crippen molar-refractivity contribution >= 4 is 29.2 Å². The molecule has 1 atom stereocenters. The number of hydrogen-bond donors (Lipinski definition) is 1. The zero-order chi connectivity index (χ0) is 22.5. The van der Waals surface area contributed by atoms with Crippen molar-refractivity contribution in [1.29, 1.82) is 0 Å². The van der Waals surface area contributed by atoms with Crippen LogP contribution in [0, 0.1) is 15.9 Å². The summed E-state index contributed by atoms with van der Waals surface area (Å²) in [6, 6.07) is 9.48. The molecular weight excluding hydrogens is 429 g/mol. The van der Waals surface area contributed by atoms with Gasteiger partial charge in [-0.1, -0.05) is 23.7 Å². The van der Waals surface area contributed by atoms with Crippen LogP contribution in [0.4, 0.5) is 10.1 Å². The molecule has 1 N–H and O–H groups in total. The molecule has 1 fully saturated rings. The van der Waals surface area contributed by atoms with Crippen molar-refractivity contribution in [2.75, 3.05) is 26.2 Å². The molecule has 8 nitrogen and oxygen atoms in total. The quantitative estimate of drug-likeness (QED) is 0.510. The molecule has 0 bridgehead atoms. The van der Waals surface area contributed by atoms with Gasteiger partial charge in [-0.25, -0.2) is 4.39 Å². The number of non-ortho nitro benzene ring substituents is 1. The molecule has 10 heteroatoms. The fraction of sp³-hybridized carbons (Fsp3) is 0.333. The second-order valence-corrected chi connectivity index (χ2v) is 7.66. The largest absolute Gasteiger partial charge is 0.481 e. The van der Waals surface area contributed by atoms with Crippen LogP contribution < -0.4 is 0 Å². The van der Waals surface area contributed by atoms with E-state index in [2.05, 4.69) is 4.90 Å². The summed E-state index contributed by atoms with van der Waals surface area (Å²) in [6.45, 7) is 1.64. The number of nitrogens with zero attached hydrogens (tertiary/aromatic N) is 3. The van der Waals surface area contributed by atoms with Gasteiger partial charge >= 0.3 is 5.97 Å². The van der Waals surface area contributed by atoms with Gasteiger partial charge in [-0.15, -0.1) is 0 Å². The van der Waals surface area contributed by atoms with Gasteiger partial charge in [0.1, 0.15) is 5.82 Å². The molecule has 2 aromatic carbocycles. The van der Waals surface area contributed by atoms with Crippen molar-refractivity contribution in [1.82, 2.24) is 9.80 Å². The highest BCUT2D eigenvalue weighted by Crippen LogP contribution is 2.29. The third-order valence-corrected chi connectivity index (χ3v) is 5.65. The average Bonchev–Trinajstić information content (AvgIpc) is 2.75. The summed E-state index contributed by atoms with van der Waals surface area (Å²) in [4.78, 5) is 38.0. The van der Waals surface area contributed by atoms with Crippen molar-refractivity contribution in [3.8, 4) is 0 Å². The van der Waals surface area contributed by atoms with Crippen LogP contribution in [0.5, 0.6) is 0 Å². The van der Waals surface area contributed by atoms with E-state index in [0.29, 0.717) is 32.6 Å². The van der Waals surface area contributed by atoms with E-state index in [9.17, 15) is 24.1 Å². The van der Waals surface area contributed by atoms with Crippen molar-refractivity contribution in [3.63, 3.8) is 0 Å². The van der Waals surface area contributed by atoms with Crippen LogP contribution in [0.25, 0.3) is 0 Å². The molecular formula is C21H21ClFN3O5. The fourth-order valence-corrected chi connectivity index (χ4v) is 3.90. The molecule has 1 amide bonds. The highest BCUT2D eigenvalue weighted by Gasteiger charge is 2.29. The van der Waals surface area contributed by atoms with E-state index in [1.54, 1.807) is 17.0 Å². The third kappa shape index (κ3) is 5.56. The van der Waals surface area contributed by atoms with Crippen LogP contribution >= 0.6 is 11.6 Å².